The molecule has 0 bridgehead atoms. The number of hydrogen-bond donors (Lipinski definition) is 3. The van der Waals surface area contributed by atoms with Crippen LogP contribution in [-0.2, 0) is 4.79 Å². The summed E-state index contributed by atoms with van der Waals surface area (Å²) in [7, 11) is 0. The van der Waals surface area contributed by atoms with Gasteiger partial charge in [-0.3, -0.25) is 14.6 Å². The quantitative estimate of drug-likeness (QED) is 0.514. The molecule has 152 valence electrons. The Labute approximate surface area is 178 Å². The van der Waals surface area contributed by atoms with Crippen LogP contribution in [0, 0.1) is 10.2 Å². The molecule has 1 aromatic carbocycles. The molecule has 2 aromatic heterocycles. The van der Waals surface area contributed by atoms with Gasteiger partial charge in [0.2, 0.25) is 0 Å². The van der Waals surface area contributed by atoms with Crippen molar-refractivity contribution in [3.05, 3.63) is 80.2 Å². The van der Waals surface area contributed by atoms with E-state index in [1.54, 1.807) is 0 Å². The molecular weight excluding hydrogens is 398 g/mol. The molecule has 1 unspecified atom stereocenters. The molecule has 5 rings (SSSR count). The van der Waals surface area contributed by atoms with Gasteiger partial charge in [0.05, 0.1) is 11.5 Å². The number of H-pyrrole nitrogens is 2. The Morgan fingerprint density at radius 1 is 1.03 bits per heavy atom. The number of aromatic amines is 2. The summed E-state index contributed by atoms with van der Waals surface area (Å²) in [6.07, 6.45) is 1.12. The zero-order chi connectivity index (χ0) is 21.0. The van der Waals surface area contributed by atoms with Crippen molar-refractivity contribution in [2.24, 2.45) is 5.41 Å². The summed E-state index contributed by atoms with van der Waals surface area (Å²) in [5.74, 6) is 1.22. The highest BCUT2D eigenvalue weighted by Gasteiger charge is 2.43. The van der Waals surface area contributed by atoms with Crippen molar-refractivity contribution >= 4 is 23.8 Å². The van der Waals surface area contributed by atoms with Gasteiger partial charge >= 0.3 is 0 Å². The van der Waals surface area contributed by atoms with Gasteiger partial charge in [-0.05, 0) is 36.2 Å². The summed E-state index contributed by atoms with van der Waals surface area (Å²) in [5, 5.41) is 3.28. The van der Waals surface area contributed by atoms with Crippen molar-refractivity contribution in [3.63, 3.8) is 0 Å². The Hall–Kier alpha value is -3.19. The van der Waals surface area contributed by atoms with Crippen LogP contribution in [-0.4, -0.2) is 15.8 Å². The van der Waals surface area contributed by atoms with Gasteiger partial charge in [-0.2, -0.15) is 0 Å². The van der Waals surface area contributed by atoms with E-state index >= 15 is 0 Å². The molecule has 6 nitrogen and oxygen atoms in total. The topological polar surface area (TPSA) is 90.9 Å². The van der Waals surface area contributed by atoms with Gasteiger partial charge in [-0.25, -0.2) is 0 Å². The first-order valence-corrected chi connectivity index (χ1v) is 10.3. The first-order valence-electron chi connectivity index (χ1n) is 9.87. The lowest BCUT2D eigenvalue weighted by Crippen LogP contribution is -2.36. The molecule has 3 heterocycles. The molecule has 1 aliphatic carbocycles. The van der Waals surface area contributed by atoms with Gasteiger partial charge in [0, 0.05) is 23.3 Å². The molecule has 3 aromatic rings. The normalized spacial score (nSPS) is 19.8. The van der Waals surface area contributed by atoms with Crippen LogP contribution >= 0.6 is 12.2 Å². The van der Waals surface area contributed by atoms with Crippen molar-refractivity contribution in [2.45, 2.75) is 32.6 Å². The number of aromatic nitrogens is 2. The Morgan fingerprint density at radius 2 is 1.80 bits per heavy atom. The minimum atomic E-state index is -0.590. The first kappa shape index (κ1) is 18.8. The van der Waals surface area contributed by atoms with E-state index < -0.39 is 5.92 Å². The van der Waals surface area contributed by atoms with Gasteiger partial charge in [0.15, 0.2) is 10.6 Å². The Bertz CT molecular complexity index is 1310. The van der Waals surface area contributed by atoms with Gasteiger partial charge in [-0.15, -0.1) is 0 Å². The van der Waals surface area contributed by atoms with Crippen LogP contribution in [0.1, 0.15) is 43.9 Å². The number of allylic oxidation sites excluding steroid dienone is 2. The standard InChI is InChI=1S/C23H21N3O3S/c1-23(2)10-13-17(14(27)11-23)18(19-20(24-13)25-22(30)26-21(19)28)16-9-8-15(29-16)12-6-4-3-5-7-12/h3-9,18H,10-11H2,1-2H3,(H3,24,25,26,28,30). The number of benzene rings is 1. The summed E-state index contributed by atoms with van der Waals surface area (Å²) < 4.78 is 6.43. The molecule has 30 heavy (non-hydrogen) atoms. The SMILES string of the molecule is CC1(C)CC(=O)C2=C(C1)Nc1[nH]c(=S)[nH]c(=O)c1C2c1ccc(-c2ccccc2)o1. The summed E-state index contributed by atoms with van der Waals surface area (Å²) >= 11 is 5.17. The molecule has 3 N–H and O–H groups in total. The second-order valence-corrected chi connectivity index (χ2v) is 9.06. The number of Topliss-reactive ketones (excluding diaryl/α,β-unsaturated/α-hetero) is 1. The van der Waals surface area contributed by atoms with Crippen LogP contribution in [0.3, 0.4) is 0 Å². The van der Waals surface area contributed by atoms with Crippen LogP contribution in [0.2, 0.25) is 0 Å². The van der Waals surface area contributed by atoms with Crippen LogP contribution in [0.25, 0.3) is 11.3 Å². The van der Waals surface area contributed by atoms with E-state index in [0.717, 1.165) is 11.3 Å². The third-order valence-corrected chi connectivity index (χ3v) is 5.93. The number of furan rings is 1. The van der Waals surface area contributed by atoms with Gasteiger partial charge in [-0.1, -0.05) is 44.2 Å². The van der Waals surface area contributed by atoms with Crippen LogP contribution in [0.15, 0.2) is 62.9 Å². The number of nitrogens with one attached hydrogen (secondary N) is 3. The number of anilines is 1. The van der Waals surface area contributed by atoms with E-state index in [1.165, 1.54) is 0 Å². The van der Waals surface area contributed by atoms with Crippen molar-refractivity contribution < 1.29 is 9.21 Å². The number of carbonyl (C=O) groups excluding carboxylic acids is 1. The van der Waals surface area contributed by atoms with E-state index in [1.807, 2.05) is 42.5 Å². The molecule has 0 fully saturated rings. The highest BCUT2D eigenvalue weighted by molar-refractivity contribution is 7.71. The third-order valence-electron chi connectivity index (χ3n) is 5.72. The molecule has 0 saturated carbocycles. The molecule has 0 spiro atoms. The minimum absolute atomic E-state index is 0.0314. The van der Waals surface area contributed by atoms with Gasteiger partial charge < -0.3 is 14.7 Å². The van der Waals surface area contributed by atoms with Crippen molar-refractivity contribution in [1.29, 1.82) is 0 Å². The second-order valence-electron chi connectivity index (χ2n) is 8.66. The van der Waals surface area contributed by atoms with Crippen molar-refractivity contribution in [2.75, 3.05) is 5.32 Å². The lowest BCUT2D eigenvalue weighted by molar-refractivity contribution is -0.118. The Balaban J connectivity index is 1.72. The molecule has 1 atom stereocenters. The fourth-order valence-electron chi connectivity index (χ4n) is 4.50. The first-order chi connectivity index (χ1) is 14.3. The predicted molar refractivity (Wildman–Crippen MR) is 117 cm³/mol. The van der Waals surface area contributed by atoms with E-state index in [0.29, 0.717) is 41.3 Å². The third kappa shape index (κ3) is 3.06. The van der Waals surface area contributed by atoms with E-state index in [-0.39, 0.29) is 21.5 Å². The number of hydrogen-bond acceptors (Lipinski definition) is 5. The molecule has 7 heteroatoms. The fourth-order valence-corrected chi connectivity index (χ4v) is 4.69. The van der Waals surface area contributed by atoms with E-state index in [4.69, 9.17) is 16.6 Å². The fraction of sp³-hybridized carbons (Fsp3) is 0.261. The zero-order valence-corrected chi connectivity index (χ0v) is 17.5. The highest BCUT2D eigenvalue weighted by Crippen LogP contribution is 2.48. The average Bonchev–Trinajstić information content (AvgIpc) is 3.15. The average molecular weight is 420 g/mol. The van der Waals surface area contributed by atoms with Crippen LogP contribution in [0.4, 0.5) is 5.82 Å². The number of rotatable bonds is 2. The smallest absolute Gasteiger partial charge is 0.258 e. The Morgan fingerprint density at radius 3 is 2.57 bits per heavy atom. The monoisotopic (exact) mass is 419 g/mol. The maximum Gasteiger partial charge on any atom is 0.258 e. The number of ketones is 1. The Kier molecular flexibility index (Phi) is 4.18. The molecule has 0 radical (unpaired) electrons. The number of carbonyl (C=O) groups is 1. The second kappa shape index (κ2) is 6.67. The molecular formula is C23H21N3O3S. The summed E-state index contributed by atoms with van der Waals surface area (Å²) in [4.78, 5) is 31.8. The van der Waals surface area contributed by atoms with Crippen molar-refractivity contribution in [1.82, 2.24) is 9.97 Å². The minimum Gasteiger partial charge on any atom is -0.460 e. The van der Waals surface area contributed by atoms with E-state index in [9.17, 15) is 9.59 Å². The zero-order valence-electron chi connectivity index (χ0n) is 16.7. The maximum absolute atomic E-state index is 13.2. The molecule has 0 amide bonds. The van der Waals surface area contributed by atoms with Crippen molar-refractivity contribution in [3.8, 4) is 11.3 Å². The lowest BCUT2D eigenvalue weighted by atomic mass is 9.70. The molecule has 1 aliphatic heterocycles. The predicted octanol–water partition coefficient (Wildman–Crippen LogP) is 4.89. The number of fused-ring (bicyclic) bond motifs is 1. The van der Waals surface area contributed by atoms with Gasteiger partial charge in [0.25, 0.3) is 5.56 Å². The maximum atomic E-state index is 13.2. The van der Waals surface area contributed by atoms with Crippen LogP contribution in [0.5, 0.6) is 0 Å². The lowest BCUT2D eigenvalue weighted by Gasteiger charge is -2.38. The van der Waals surface area contributed by atoms with E-state index in [2.05, 4.69) is 29.1 Å². The summed E-state index contributed by atoms with van der Waals surface area (Å²) in [6, 6.07) is 13.5. The molecule has 2 aliphatic rings. The summed E-state index contributed by atoms with van der Waals surface area (Å²) in [6.45, 7) is 4.14. The van der Waals surface area contributed by atoms with Crippen LogP contribution < -0.4 is 10.9 Å². The summed E-state index contributed by atoms with van der Waals surface area (Å²) in [5.41, 5.74) is 2.29. The largest absolute Gasteiger partial charge is 0.460 e. The van der Waals surface area contributed by atoms with Gasteiger partial charge in [0.1, 0.15) is 17.3 Å². The molecule has 0 saturated heterocycles. The highest BCUT2D eigenvalue weighted by atomic mass is 32.1.